The second-order valence-corrected chi connectivity index (χ2v) is 5.77. The molecular weight excluding hydrogens is 354 g/mol. The average Bonchev–Trinajstić information content (AvgIpc) is 2.93. The zero-order valence-electron chi connectivity index (χ0n) is 13.2. The Kier molecular flexibility index (Phi) is 4.45. The first-order valence-electron chi connectivity index (χ1n) is 7.13. The molecule has 2 N–H and O–H groups in total. The molecule has 0 radical (unpaired) electrons. The number of halogens is 3. The number of anilines is 1. The van der Waals surface area contributed by atoms with Crippen LogP contribution < -0.4 is 10.1 Å². The van der Waals surface area contributed by atoms with Gasteiger partial charge in [-0.1, -0.05) is 11.6 Å². The number of aromatic amines is 1. The number of urea groups is 1. The molecule has 3 aromatic rings. The zero-order valence-corrected chi connectivity index (χ0v) is 14.0. The summed E-state index contributed by atoms with van der Waals surface area (Å²) in [7, 11) is 3.02. The fourth-order valence-electron chi connectivity index (χ4n) is 2.15. The van der Waals surface area contributed by atoms with Crippen LogP contribution in [0.3, 0.4) is 0 Å². The Morgan fingerprint density at radius 1 is 1.32 bits per heavy atom. The van der Waals surface area contributed by atoms with Gasteiger partial charge in [0, 0.05) is 44.3 Å². The van der Waals surface area contributed by atoms with E-state index in [-0.39, 0.29) is 11.4 Å². The van der Waals surface area contributed by atoms with E-state index in [4.69, 9.17) is 16.3 Å². The number of fused-ring (bicyclic) bond motifs is 1. The van der Waals surface area contributed by atoms with Crippen LogP contribution in [0.2, 0.25) is 5.02 Å². The normalized spacial score (nSPS) is 10.8. The van der Waals surface area contributed by atoms with Crippen molar-refractivity contribution in [3.8, 4) is 11.5 Å². The van der Waals surface area contributed by atoms with Gasteiger partial charge >= 0.3 is 6.03 Å². The predicted octanol–water partition coefficient (Wildman–Crippen LogP) is 4.38. The number of rotatable bonds is 3. The highest BCUT2D eigenvalue weighted by Gasteiger charge is 2.18. The Balaban J connectivity index is 1.95. The topological polar surface area (TPSA) is 70.2 Å². The molecule has 1 aromatic carbocycles. The number of carbonyl (C=O) groups is 1. The molecule has 9 heteroatoms. The van der Waals surface area contributed by atoms with E-state index in [0.717, 1.165) is 12.1 Å². The Labute approximate surface area is 146 Å². The highest BCUT2D eigenvalue weighted by molar-refractivity contribution is 6.36. The molecule has 6 nitrogen and oxygen atoms in total. The Morgan fingerprint density at radius 2 is 2.00 bits per heavy atom. The Bertz CT molecular complexity index is 935. The van der Waals surface area contributed by atoms with Gasteiger partial charge < -0.3 is 19.9 Å². The SMILES string of the molecule is CN(C)C(=O)Nc1cc(F)c(Oc2ccnc3[nH]cc(Cl)c23)c(F)c1. The monoisotopic (exact) mass is 366 g/mol. The molecule has 0 spiro atoms. The average molecular weight is 367 g/mol. The number of pyridine rings is 1. The second kappa shape index (κ2) is 6.56. The van der Waals surface area contributed by atoms with Crippen LogP contribution in [0.15, 0.2) is 30.6 Å². The van der Waals surface area contributed by atoms with Crippen LogP contribution in [0, 0.1) is 11.6 Å². The summed E-state index contributed by atoms with van der Waals surface area (Å²) in [5, 5.41) is 3.09. The molecule has 0 fully saturated rings. The number of benzene rings is 1. The predicted molar refractivity (Wildman–Crippen MR) is 90.2 cm³/mol. The standard InChI is InChI=1S/C16H13ClF2N4O2/c1-23(2)16(24)22-8-5-10(18)14(11(19)6-8)25-12-3-4-20-15-13(12)9(17)7-21-15/h3-7H,1-2H3,(H,20,21)(H,22,24). The Morgan fingerprint density at radius 3 is 2.64 bits per heavy atom. The van der Waals surface area contributed by atoms with Crippen LogP contribution in [0.5, 0.6) is 11.5 Å². The van der Waals surface area contributed by atoms with E-state index >= 15 is 0 Å². The first-order valence-corrected chi connectivity index (χ1v) is 7.51. The number of nitrogens with zero attached hydrogens (tertiary/aromatic N) is 2. The van der Waals surface area contributed by atoms with Gasteiger partial charge in [-0.3, -0.25) is 0 Å². The molecule has 0 saturated heterocycles. The molecule has 3 rings (SSSR count). The number of hydrogen-bond acceptors (Lipinski definition) is 3. The number of ether oxygens (including phenoxy) is 1. The third-order valence-corrected chi connectivity index (χ3v) is 3.65. The number of H-pyrrole nitrogens is 1. The van der Waals surface area contributed by atoms with Crippen molar-refractivity contribution in [3.63, 3.8) is 0 Å². The van der Waals surface area contributed by atoms with Gasteiger partial charge in [-0.25, -0.2) is 18.6 Å². The molecular formula is C16H13ClF2N4O2. The number of amides is 2. The van der Waals surface area contributed by atoms with E-state index in [1.165, 1.54) is 37.5 Å². The second-order valence-electron chi connectivity index (χ2n) is 5.36. The maximum absolute atomic E-state index is 14.3. The van der Waals surface area contributed by atoms with Gasteiger partial charge in [-0.2, -0.15) is 0 Å². The van der Waals surface area contributed by atoms with E-state index in [1.807, 2.05) is 0 Å². The number of aromatic nitrogens is 2. The van der Waals surface area contributed by atoms with Gasteiger partial charge in [0.2, 0.25) is 0 Å². The molecule has 0 atom stereocenters. The van der Waals surface area contributed by atoms with Crippen LogP contribution in [-0.4, -0.2) is 35.0 Å². The van der Waals surface area contributed by atoms with Crippen molar-refractivity contribution >= 4 is 34.4 Å². The van der Waals surface area contributed by atoms with Crippen LogP contribution in [0.4, 0.5) is 19.3 Å². The number of nitrogens with one attached hydrogen (secondary N) is 2. The largest absolute Gasteiger partial charge is 0.450 e. The summed E-state index contributed by atoms with van der Waals surface area (Å²) in [6.07, 6.45) is 2.92. The fraction of sp³-hybridized carbons (Fsp3) is 0.125. The van der Waals surface area contributed by atoms with Crippen LogP contribution >= 0.6 is 11.6 Å². The van der Waals surface area contributed by atoms with Gasteiger partial charge in [-0.15, -0.1) is 0 Å². The van der Waals surface area contributed by atoms with Crippen molar-refractivity contribution in [2.45, 2.75) is 0 Å². The van der Waals surface area contributed by atoms with E-state index in [9.17, 15) is 13.6 Å². The van der Waals surface area contributed by atoms with Crippen molar-refractivity contribution in [1.29, 1.82) is 0 Å². The van der Waals surface area contributed by atoms with E-state index in [2.05, 4.69) is 15.3 Å². The van der Waals surface area contributed by atoms with E-state index in [0.29, 0.717) is 16.1 Å². The van der Waals surface area contributed by atoms with Crippen molar-refractivity contribution in [1.82, 2.24) is 14.9 Å². The lowest BCUT2D eigenvalue weighted by Crippen LogP contribution is -2.27. The van der Waals surface area contributed by atoms with Gasteiger partial charge in [-0.05, 0) is 6.07 Å². The van der Waals surface area contributed by atoms with Crippen molar-refractivity contribution in [2.24, 2.45) is 0 Å². The molecule has 25 heavy (non-hydrogen) atoms. The summed E-state index contributed by atoms with van der Waals surface area (Å²) in [6, 6.07) is 2.87. The zero-order chi connectivity index (χ0) is 18.1. The minimum Gasteiger partial charge on any atom is -0.450 e. The summed E-state index contributed by atoms with van der Waals surface area (Å²) in [5.41, 5.74) is 0.402. The Hall–Kier alpha value is -2.87. The van der Waals surface area contributed by atoms with E-state index in [1.54, 1.807) is 0 Å². The first-order chi connectivity index (χ1) is 11.9. The molecule has 130 valence electrons. The fourth-order valence-corrected chi connectivity index (χ4v) is 2.39. The van der Waals surface area contributed by atoms with Crippen molar-refractivity contribution in [2.75, 3.05) is 19.4 Å². The highest BCUT2D eigenvalue weighted by Crippen LogP contribution is 2.36. The molecule has 0 aliphatic carbocycles. The molecule has 0 unspecified atom stereocenters. The minimum absolute atomic E-state index is 0.0272. The molecule has 0 saturated carbocycles. The van der Waals surface area contributed by atoms with Gasteiger partial charge in [0.1, 0.15) is 11.4 Å². The quantitative estimate of drug-likeness (QED) is 0.722. The van der Waals surface area contributed by atoms with Gasteiger partial charge in [0.25, 0.3) is 0 Å². The highest BCUT2D eigenvalue weighted by atomic mass is 35.5. The van der Waals surface area contributed by atoms with Crippen LogP contribution in [-0.2, 0) is 0 Å². The summed E-state index contributed by atoms with van der Waals surface area (Å²) in [6.45, 7) is 0. The first kappa shape index (κ1) is 17.0. The van der Waals surface area contributed by atoms with Crippen LogP contribution in [0.25, 0.3) is 11.0 Å². The number of carbonyl (C=O) groups excluding carboxylic acids is 1. The third kappa shape index (κ3) is 3.34. The summed E-state index contributed by atoms with van der Waals surface area (Å²) in [5.74, 6) is -2.39. The molecule has 0 bridgehead atoms. The maximum atomic E-state index is 14.3. The molecule has 0 aliphatic rings. The summed E-state index contributed by atoms with van der Waals surface area (Å²) < 4.78 is 34.0. The number of hydrogen-bond donors (Lipinski definition) is 2. The maximum Gasteiger partial charge on any atom is 0.321 e. The molecule has 2 heterocycles. The van der Waals surface area contributed by atoms with Gasteiger partial charge in [0.15, 0.2) is 17.4 Å². The lowest BCUT2D eigenvalue weighted by Gasteiger charge is -2.14. The molecule has 0 aliphatic heterocycles. The lowest BCUT2D eigenvalue weighted by atomic mass is 10.2. The summed E-state index contributed by atoms with van der Waals surface area (Å²) in [4.78, 5) is 19.7. The molecule has 2 aromatic heterocycles. The molecule has 2 amide bonds. The summed E-state index contributed by atoms with van der Waals surface area (Å²) >= 11 is 6.04. The van der Waals surface area contributed by atoms with E-state index < -0.39 is 23.4 Å². The lowest BCUT2D eigenvalue weighted by molar-refractivity contribution is 0.230. The van der Waals surface area contributed by atoms with Crippen LogP contribution in [0.1, 0.15) is 0 Å². The minimum atomic E-state index is -0.967. The van der Waals surface area contributed by atoms with Gasteiger partial charge in [0.05, 0.1) is 10.4 Å². The van der Waals surface area contributed by atoms with Crippen molar-refractivity contribution < 1.29 is 18.3 Å². The third-order valence-electron chi connectivity index (χ3n) is 3.35. The smallest absolute Gasteiger partial charge is 0.321 e. The van der Waals surface area contributed by atoms with Crippen molar-refractivity contribution in [3.05, 3.63) is 47.2 Å².